The molecule has 1 saturated heterocycles. The number of ether oxygens (including phenoxy) is 2. The number of hydrogen-bond donors (Lipinski definition) is 1. The van der Waals surface area contributed by atoms with Gasteiger partial charge in [0.05, 0.1) is 19.3 Å². The Morgan fingerprint density at radius 2 is 2.20 bits per heavy atom. The highest BCUT2D eigenvalue weighted by atomic mass is 19.1. The van der Waals surface area contributed by atoms with Gasteiger partial charge < -0.3 is 19.5 Å². The number of aliphatic hydroxyl groups is 1. The van der Waals surface area contributed by atoms with Crippen molar-refractivity contribution in [3.05, 3.63) is 53.9 Å². The second kappa shape index (κ2) is 8.27. The van der Waals surface area contributed by atoms with E-state index in [4.69, 9.17) is 14.6 Å². The molecular formula is C19H22FNO4. The largest absolute Gasteiger partial charge is 0.485 e. The number of benzene rings is 1. The maximum atomic E-state index is 13.6. The molecule has 0 bridgehead atoms. The third-order valence-corrected chi connectivity index (χ3v) is 4.37. The van der Waals surface area contributed by atoms with Gasteiger partial charge in [-0.25, -0.2) is 4.39 Å². The second-order valence-electron chi connectivity index (χ2n) is 6.18. The molecule has 0 saturated carbocycles. The number of aliphatic hydroxyl groups excluding tert-OH is 1. The van der Waals surface area contributed by atoms with Crippen molar-refractivity contribution in [2.75, 3.05) is 26.3 Å². The Hall–Kier alpha value is -2.18. The molecule has 0 spiro atoms. The van der Waals surface area contributed by atoms with Gasteiger partial charge >= 0.3 is 0 Å². The predicted molar refractivity (Wildman–Crippen MR) is 90.7 cm³/mol. The van der Waals surface area contributed by atoms with Crippen molar-refractivity contribution >= 4 is 5.91 Å². The van der Waals surface area contributed by atoms with Crippen molar-refractivity contribution in [1.29, 1.82) is 0 Å². The van der Waals surface area contributed by atoms with E-state index in [1.807, 2.05) is 18.2 Å². The second-order valence-corrected chi connectivity index (χ2v) is 6.18. The average molecular weight is 347 g/mol. The van der Waals surface area contributed by atoms with Crippen LogP contribution in [0.5, 0.6) is 5.75 Å². The summed E-state index contributed by atoms with van der Waals surface area (Å²) in [5.41, 5.74) is 0.860. The molecule has 1 fully saturated rings. The third kappa shape index (κ3) is 4.67. The van der Waals surface area contributed by atoms with Crippen molar-refractivity contribution < 1.29 is 23.8 Å². The van der Waals surface area contributed by atoms with Crippen LogP contribution in [0.25, 0.3) is 0 Å². The number of carbonyl (C=O) groups is 1. The van der Waals surface area contributed by atoms with E-state index >= 15 is 0 Å². The lowest BCUT2D eigenvalue weighted by molar-refractivity contribution is -0.136. The van der Waals surface area contributed by atoms with E-state index in [1.165, 1.54) is 6.07 Å². The molecule has 134 valence electrons. The van der Waals surface area contributed by atoms with Crippen LogP contribution in [-0.4, -0.2) is 54.4 Å². The molecule has 1 aliphatic carbocycles. The molecule has 6 heteroatoms. The lowest BCUT2D eigenvalue weighted by Gasteiger charge is -2.20. The number of nitrogens with zero attached hydrogens (tertiary/aromatic N) is 1. The highest BCUT2D eigenvalue weighted by molar-refractivity contribution is 5.77. The number of rotatable bonds is 6. The Kier molecular flexibility index (Phi) is 5.83. The van der Waals surface area contributed by atoms with Crippen molar-refractivity contribution in [3.8, 4) is 5.75 Å². The van der Waals surface area contributed by atoms with Gasteiger partial charge in [-0.1, -0.05) is 30.4 Å². The summed E-state index contributed by atoms with van der Waals surface area (Å²) in [4.78, 5) is 14.0. The molecule has 2 atom stereocenters. The normalized spacial score (nSPS) is 22.8. The van der Waals surface area contributed by atoms with E-state index in [-0.39, 0.29) is 37.1 Å². The van der Waals surface area contributed by atoms with E-state index in [1.54, 1.807) is 23.1 Å². The first kappa shape index (κ1) is 17.6. The highest BCUT2D eigenvalue weighted by Gasteiger charge is 2.28. The molecule has 1 aromatic rings. The summed E-state index contributed by atoms with van der Waals surface area (Å²) in [5, 5.41) is 9.03. The van der Waals surface area contributed by atoms with Gasteiger partial charge in [0.1, 0.15) is 12.7 Å². The smallest absolute Gasteiger partial charge is 0.248 e. The Bertz CT molecular complexity index is 673. The van der Waals surface area contributed by atoms with Crippen LogP contribution >= 0.6 is 0 Å². The van der Waals surface area contributed by atoms with Crippen molar-refractivity contribution in [3.63, 3.8) is 0 Å². The van der Waals surface area contributed by atoms with Gasteiger partial charge in [-0.2, -0.15) is 0 Å². The van der Waals surface area contributed by atoms with E-state index in [0.717, 1.165) is 5.57 Å². The number of carbonyl (C=O) groups excluding carboxylic acids is 1. The van der Waals surface area contributed by atoms with Crippen LogP contribution in [0.4, 0.5) is 4.39 Å². The zero-order chi connectivity index (χ0) is 17.6. The maximum absolute atomic E-state index is 13.6. The first-order valence-electron chi connectivity index (χ1n) is 8.44. The van der Waals surface area contributed by atoms with Crippen LogP contribution in [0.3, 0.4) is 0 Å². The lowest BCUT2D eigenvalue weighted by Crippen LogP contribution is -2.34. The minimum Gasteiger partial charge on any atom is -0.485 e. The first-order valence-corrected chi connectivity index (χ1v) is 8.44. The number of likely N-dealkylation sites (tertiary alicyclic amines) is 1. The SMILES string of the molecule is O=C(COC1C=CC(CO)=CC1)N1CC[C@@H](Oc2ccccc2F)C1. The topological polar surface area (TPSA) is 59.0 Å². The summed E-state index contributed by atoms with van der Waals surface area (Å²) < 4.78 is 24.9. The number of para-hydroxylation sites is 1. The molecule has 3 rings (SSSR count). The van der Waals surface area contributed by atoms with Crippen LogP contribution < -0.4 is 4.74 Å². The van der Waals surface area contributed by atoms with Gasteiger partial charge in [-0.15, -0.1) is 0 Å². The van der Waals surface area contributed by atoms with Gasteiger partial charge in [0, 0.05) is 13.0 Å². The molecule has 1 aliphatic heterocycles. The summed E-state index contributed by atoms with van der Waals surface area (Å²) in [6, 6.07) is 6.28. The summed E-state index contributed by atoms with van der Waals surface area (Å²) in [6.45, 7) is 1.03. The molecule has 1 N–H and O–H groups in total. The van der Waals surface area contributed by atoms with Crippen molar-refractivity contribution in [2.45, 2.75) is 25.0 Å². The summed E-state index contributed by atoms with van der Waals surface area (Å²) in [5.74, 6) is -0.267. The molecule has 0 aromatic heterocycles. The Morgan fingerprint density at radius 1 is 1.36 bits per heavy atom. The zero-order valence-corrected chi connectivity index (χ0v) is 13.9. The first-order chi connectivity index (χ1) is 12.2. The standard InChI is InChI=1S/C19H22FNO4/c20-17-3-1-2-4-18(17)25-16-9-10-21(11-16)19(23)13-24-15-7-5-14(12-22)6-8-15/h1-7,15-16,22H,8-13H2/t15?,16-/m1/s1. The molecule has 1 unspecified atom stereocenters. The quantitative estimate of drug-likeness (QED) is 0.856. The third-order valence-electron chi connectivity index (χ3n) is 4.37. The summed E-state index contributed by atoms with van der Waals surface area (Å²) in [7, 11) is 0. The van der Waals surface area contributed by atoms with Crippen LogP contribution in [0, 0.1) is 5.82 Å². The molecule has 25 heavy (non-hydrogen) atoms. The van der Waals surface area contributed by atoms with Crippen LogP contribution in [0.1, 0.15) is 12.8 Å². The zero-order valence-electron chi connectivity index (χ0n) is 13.9. The Labute approximate surface area is 146 Å². The van der Waals surface area contributed by atoms with E-state index in [0.29, 0.717) is 25.9 Å². The van der Waals surface area contributed by atoms with Gasteiger partial charge in [-0.05, 0) is 24.1 Å². The van der Waals surface area contributed by atoms with Crippen LogP contribution in [0.2, 0.25) is 0 Å². The highest BCUT2D eigenvalue weighted by Crippen LogP contribution is 2.21. The molecule has 1 amide bonds. The fourth-order valence-electron chi connectivity index (χ4n) is 2.93. The fourth-order valence-corrected chi connectivity index (χ4v) is 2.93. The number of hydrogen-bond acceptors (Lipinski definition) is 4. The summed E-state index contributed by atoms with van der Waals surface area (Å²) in [6.07, 6.45) is 6.55. The average Bonchev–Trinajstić information content (AvgIpc) is 3.11. The van der Waals surface area contributed by atoms with E-state index < -0.39 is 5.82 Å². The van der Waals surface area contributed by atoms with Crippen LogP contribution in [-0.2, 0) is 9.53 Å². The Balaban J connectivity index is 1.43. The van der Waals surface area contributed by atoms with Gasteiger partial charge in [0.25, 0.3) is 0 Å². The van der Waals surface area contributed by atoms with Crippen molar-refractivity contribution in [1.82, 2.24) is 4.90 Å². The van der Waals surface area contributed by atoms with E-state index in [2.05, 4.69) is 0 Å². The van der Waals surface area contributed by atoms with Gasteiger partial charge in [-0.3, -0.25) is 4.79 Å². The number of amides is 1. The monoisotopic (exact) mass is 347 g/mol. The Morgan fingerprint density at radius 3 is 2.92 bits per heavy atom. The van der Waals surface area contributed by atoms with E-state index in [9.17, 15) is 9.18 Å². The minimum atomic E-state index is -0.394. The molecule has 1 heterocycles. The molecule has 1 aromatic carbocycles. The molecular weight excluding hydrogens is 325 g/mol. The minimum absolute atomic E-state index is 0.00369. The molecule has 2 aliphatic rings. The molecule has 5 nitrogen and oxygen atoms in total. The summed E-state index contributed by atoms with van der Waals surface area (Å²) >= 11 is 0. The van der Waals surface area contributed by atoms with Crippen LogP contribution in [0.15, 0.2) is 48.1 Å². The number of halogens is 1. The van der Waals surface area contributed by atoms with Crippen molar-refractivity contribution in [2.24, 2.45) is 0 Å². The maximum Gasteiger partial charge on any atom is 0.248 e. The fraction of sp³-hybridized carbons (Fsp3) is 0.421. The van der Waals surface area contributed by atoms with Gasteiger partial charge in [0.2, 0.25) is 5.91 Å². The van der Waals surface area contributed by atoms with Gasteiger partial charge in [0.15, 0.2) is 11.6 Å². The predicted octanol–water partition coefficient (Wildman–Crippen LogP) is 2.07. The lowest BCUT2D eigenvalue weighted by atomic mass is 10.1. The molecule has 0 radical (unpaired) electrons.